The molecule has 1 saturated carbocycles. The lowest BCUT2D eigenvalue weighted by molar-refractivity contribution is 0.0817. The van der Waals surface area contributed by atoms with Gasteiger partial charge in [0.2, 0.25) is 0 Å². The second-order valence-corrected chi connectivity index (χ2v) is 10.3. The Balaban J connectivity index is 1.65. The van der Waals surface area contributed by atoms with E-state index in [0.29, 0.717) is 12.1 Å². The van der Waals surface area contributed by atoms with Crippen molar-refractivity contribution < 1.29 is 13.2 Å². The van der Waals surface area contributed by atoms with Crippen molar-refractivity contribution in [3.8, 4) is 0 Å². The Hall–Kier alpha value is -1.05. The molecule has 2 aliphatic rings. The first-order chi connectivity index (χ1) is 11.9. The molecule has 1 aromatic rings. The summed E-state index contributed by atoms with van der Waals surface area (Å²) in [6.07, 6.45) is 5.91. The number of carbonyl (C=O) groups is 1. The number of rotatable bonds is 5. The molecule has 1 aromatic carbocycles. The van der Waals surface area contributed by atoms with Gasteiger partial charge in [-0.05, 0) is 37.1 Å². The average molecular weight is 383 g/mol. The van der Waals surface area contributed by atoms with E-state index < -0.39 is 9.84 Å². The molecule has 7 heteroatoms. The van der Waals surface area contributed by atoms with Crippen molar-refractivity contribution in [3.63, 3.8) is 0 Å². The molecular formula is C18H26N2O3S2. The van der Waals surface area contributed by atoms with Crippen LogP contribution < -0.4 is 5.32 Å². The lowest BCUT2D eigenvalue weighted by atomic mass is 9.94. The molecule has 1 amide bonds. The van der Waals surface area contributed by atoms with Crippen LogP contribution in [0.5, 0.6) is 0 Å². The largest absolute Gasteiger partial charge is 0.350 e. The minimum absolute atomic E-state index is 0.101. The van der Waals surface area contributed by atoms with Crippen molar-refractivity contribution in [2.24, 2.45) is 0 Å². The van der Waals surface area contributed by atoms with Crippen LogP contribution in [0.15, 0.2) is 29.2 Å². The highest BCUT2D eigenvalue weighted by atomic mass is 32.2. The van der Waals surface area contributed by atoms with E-state index in [9.17, 15) is 13.2 Å². The number of nitrogens with zero attached hydrogens (tertiary/aromatic N) is 1. The van der Waals surface area contributed by atoms with Gasteiger partial charge in [0.1, 0.15) is 0 Å². The molecule has 1 aliphatic heterocycles. The highest BCUT2D eigenvalue weighted by molar-refractivity contribution is 7.99. The summed E-state index contributed by atoms with van der Waals surface area (Å²) < 4.78 is 23.0. The summed E-state index contributed by atoms with van der Waals surface area (Å²) in [6, 6.07) is 6.17. The molecule has 0 atom stereocenters. The molecular weight excluding hydrogens is 356 g/mol. The number of sulfone groups is 1. The summed E-state index contributed by atoms with van der Waals surface area (Å²) in [6.45, 7) is 2.87. The molecule has 1 N–H and O–H groups in total. The number of hydrogen-bond donors (Lipinski definition) is 1. The number of hydrogen-bond acceptors (Lipinski definition) is 5. The highest BCUT2D eigenvalue weighted by Crippen LogP contribution is 2.36. The van der Waals surface area contributed by atoms with E-state index in [0.717, 1.165) is 25.9 Å². The lowest BCUT2D eigenvalue weighted by Gasteiger charge is -2.43. The van der Waals surface area contributed by atoms with Gasteiger partial charge in [-0.2, -0.15) is 11.8 Å². The predicted octanol–water partition coefficient (Wildman–Crippen LogP) is 2.18. The van der Waals surface area contributed by atoms with Gasteiger partial charge in [-0.3, -0.25) is 9.69 Å². The third-order valence-corrected chi connectivity index (χ3v) is 7.41. The zero-order valence-electron chi connectivity index (χ0n) is 14.7. The van der Waals surface area contributed by atoms with Crippen molar-refractivity contribution >= 4 is 27.5 Å². The Morgan fingerprint density at radius 2 is 1.76 bits per heavy atom. The van der Waals surface area contributed by atoms with Gasteiger partial charge in [-0.15, -0.1) is 0 Å². The van der Waals surface area contributed by atoms with Crippen LogP contribution in [0.3, 0.4) is 0 Å². The fourth-order valence-corrected chi connectivity index (χ4v) is 5.41. The molecule has 0 aromatic heterocycles. The van der Waals surface area contributed by atoms with E-state index in [1.54, 1.807) is 12.1 Å². The first-order valence-corrected chi connectivity index (χ1v) is 11.9. The predicted molar refractivity (Wildman–Crippen MR) is 102 cm³/mol. The third kappa shape index (κ3) is 4.38. The average Bonchev–Trinajstić information content (AvgIpc) is 3.10. The van der Waals surface area contributed by atoms with E-state index >= 15 is 0 Å². The van der Waals surface area contributed by atoms with E-state index in [4.69, 9.17) is 0 Å². The second-order valence-electron chi connectivity index (χ2n) is 7.01. The molecule has 138 valence electrons. The number of benzene rings is 1. The van der Waals surface area contributed by atoms with Crippen molar-refractivity contribution in [2.45, 2.75) is 36.1 Å². The van der Waals surface area contributed by atoms with E-state index in [2.05, 4.69) is 10.2 Å². The zero-order chi connectivity index (χ0) is 17.9. The van der Waals surface area contributed by atoms with Crippen LogP contribution in [-0.4, -0.2) is 62.2 Å². The van der Waals surface area contributed by atoms with Crippen molar-refractivity contribution in [3.05, 3.63) is 29.8 Å². The van der Waals surface area contributed by atoms with Crippen LogP contribution in [0.1, 0.15) is 36.0 Å². The summed E-state index contributed by atoms with van der Waals surface area (Å²) in [5, 5.41) is 3.10. The Morgan fingerprint density at radius 3 is 2.32 bits per heavy atom. The third-order valence-electron chi connectivity index (χ3n) is 5.34. The van der Waals surface area contributed by atoms with Crippen LogP contribution in [-0.2, 0) is 9.84 Å². The molecule has 0 radical (unpaired) electrons. The second kappa shape index (κ2) is 7.68. The molecule has 1 aliphatic carbocycles. The van der Waals surface area contributed by atoms with Gasteiger partial charge in [-0.25, -0.2) is 8.42 Å². The fourth-order valence-electron chi connectivity index (χ4n) is 3.88. The maximum absolute atomic E-state index is 12.5. The normalized spacial score (nSPS) is 21.2. The molecule has 25 heavy (non-hydrogen) atoms. The minimum atomic E-state index is -3.24. The first kappa shape index (κ1) is 18.7. The van der Waals surface area contributed by atoms with Gasteiger partial charge in [0.15, 0.2) is 9.84 Å². The van der Waals surface area contributed by atoms with Crippen molar-refractivity contribution in [1.82, 2.24) is 10.2 Å². The summed E-state index contributed by atoms with van der Waals surface area (Å²) in [5.74, 6) is 2.21. The zero-order valence-corrected chi connectivity index (χ0v) is 16.3. The summed E-state index contributed by atoms with van der Waals surface area (Å²) >= 11 is 2.00. The molecule has 1 heterocycles. The number of amides is 1. The summed E-state index contributed by atoms with van der Waals surface area (Å²) in [4.78, 5) is 15.3. The Kier molecular flexibility index (Phi) is 5.75. The maximum atomic E-state index is 12.5. The van der Waals surface area contributed by atoms with Crippen molar-refractivity contribution in [1.29, 1.82) is 0 Å². The first-order valence-electron chi connectivity index (χ1n) is 8.82. The minimum Gasteiger partial charge on any atom is -0.350 e. The Labute approximate surface area is 154 Å². The Bertz CT molecular complexity index is 704. The highest BCUT2D eigenvalue weighted by Gasteiger charge is 2.40. The van der Waals surface area contributed by atoms with E-state index in [1.165, 1.54) is 42.7 Å². The molecule has 0 spiro atoms. The number of nitrogens with one attached hydrogen (secondary N) is 1. The monoisotopic (exact) mass is 382 g/mol. The smallest absolute Gasteiger partial charge is 0.251 e. The molecule has 3 rings (SSSR count). The lowest BCUT2D eigenvalue weighted by Crippen LogP contribution is -2.56. The fraction of sp³-hybridized carbons (Fsp3) is 0.611. The number of thioether (sulfide) groups is 1. The quantitative estimate of drug-likeness (QED) is 0.845. The van der Waals surface area contributed by atoms with Gasteiger partial charge in [0.05, 0.1) is 4.90 Å². The molecule has 5 nitrogen and oxygen atoms in total. The van der Waals surface area contributed by atoms with Gasteiger partial charge in [0.25, 0.3) is 5.91 Å². The summed E-state index contributed by atoms with van der Waals surface area (Å²) in [7, 11) is -3.24. The van der Waals surface area contributed by atoms with E-state index in [1.807, 2.05) is 11.8 Å². The maximum Gasteiger partial charge on any atom is 0.251 e. The molecule has 0 bridgehead atoms. The van der Waals surface area contributed by atoms with Crippen LogP contribution >= 0.6 is 11.8 Å². The van der Waals surface area contributed by atoms with Crippen LogP contribution in [0, 0.1) is 0 Å². The topological polar surface area (TPSA) is 66.5 Å². The van der Waals surface area contributed by atoms with Crippen LogP contribution in [0.25, 0.3) is 0 Å². The van der Waals surface area contributed by atoms with Gasteiger partial charge in [0, 0.05) is 48.5 Å². The van der Waals surface area contributed by atoms with Crippen molar-refractivity contribution in [2.75, 3.05) is 37.4 Å². The molecule has 0 unspecified atom stereocenters. The SMILES string of the molecule is CS(=O)(=O)c1ccc(C(=O)NCC2(N3CCSCC3)CCCC2)cc1. The van der Waals surface area contributed by atoms with Crippen LogP contribution in [0.4, 0.5) is 0 Å². The van der Waals surface area contributed by atoms with Gasteiger partial charge >= 0.3 is 0 Å². The molecule has 1 saturated heterocycles. The number of carbonyl (C=O) groups excluding carboxylic acids is 1. The van der Waals surface area contributed by atoms with E-state index in [-0.39, 0.29) is 16.3 Å². The summed E-state index contributed by atoms with van der Waals surface area (Å²) in [5.41, 5.74) is 0.610. The standard InChI is InChI=1S/C18H26N2O3S2/c1-25(22,23)16-6-4-15(5-7-16)17(21)19-14-18(8-2-3-9-18)20-10-12-24-13-11-20/h4-7H,2-3,8-14H2,1H3,(H,19,21). The molecule has 2 fully saturated rings. The van der Waals surface area contributed by atoms with Gasteiger partial charge < -0.3 is 5.32 Å². The van der Waals surface area contributed by atoms with Crippen LogP contribution in [0.2, 0.25) is 0 Å². The van der Waals surface area contributed by atoms with Gasteiger partial charge in [-0.1, -0.05) is 12.8 Å². The Morgan fingerprint density at radius 1 is 1.16 bits per heavy atom.